The van der Waals surface area contributed by atoms with Gasteiger partial charge < -0.3 is 4.74 Å². The molecular weight excluding hydrogens is 172 g/mol. The van der Waals surface area contributed by atoms with E-state index >= 15 is 0 Å². The number of rotatable bonds is 4. The molecule has 0 bridgehead atoms. The van der Waals surface area contributed by atoms with Gasteiger partial charge in [-0.05, 0) is 42.9 Å². The third-order valence-corrected chi connectivity index (χ3v) is 2.55. The van der Waals surface area contributed by atoms with Crippen LogP contribution in [0.3, 0.4) is 0 Å². The van der Waals surface area contributed by atoms with E-state index < -0.39 is 0 Å². The molecule has 14 heavy (non-hydrogen) atoms. The number of allylic oxidation sites excluding steroid dienone is 4. The lowest BCUT2D eigenvalue weighted by Gasteiger charge is -2.02. The van der Waals surface area contributed by atoms with Crippen molar-refractivity contribution in [2.45, 2.75) is 26.2 Å². The van der Waals surface area contributed by atoms with Gasteiger partial charge in [0.25, 0.3) is 0 Å². The van der Waals surface area contributed by atoms with Gasteiger partial charge in [0.1, 0.15) is 0 Å². The molecule has 0 amide bonds. The number of hydrogen-bond acceptors (Lipinski definition) is 1. The molecule has 1 fully saturated rings. The maximum absolute atomic E-state index is 5.63. The maximum atomic E-state index is 5.63. The fraction of sp³-hybridized carbons (Fsp3) is 0.462. The monoisotopic (exact) mass is 188 g/mol. The summed E-state index contributed by atoms with van der Waals surface area (Å²) >= 11 is 0. The average Bonchev–Trinajstić information content (AvgIpc) is 3.02. The Morgan fingerprint density at radius 2 is 2.29 bits per heavy atom. The lowest BCUT2D eigenvalue weighted by atomic mass is 10.2. The smallest absolute Gasteiger partial charge is 0.162 e. The number of ether oxygens (including phenoxy) is 1. The summed E-state index contributed by atoms with van der Waals surface area (Å²) in [6, 6.07) is 0. The maximum Gasteiger partial charge on any atom is 0.162 e. The summed E-state index contributed by atoms with van der Waals surface area (Å²) in [6.07, 6.45) is 11.9. The van der Waals surface area contributed by atoms with E-state index in [1.54, 1.807) is 0 Å². The van der Waals surface area contributed by atoms with Gasteiger partial charge in [-0.15, -0.1) is 0 Å². The molecule has 1 nitrogen and oxygen atoms in total. The van der Waals surface area contributed by atoms with Gasteiger partial charge >= 0.3 is 0 Å². The normalized spacial score (nSPS) is 20.1. The molecule has 1 saturated carbocycles. The lowest BCUT2D eigenvalue weighted by molar-refractivity contribution is 0.211. The summed E-state index contributed by atoms with van der Waals surface area (Å²) in [7, 11) is 0. The van der Waals surface area contributed by atoms with Crippen LogP contribution in [0.1, 0.15) is 26.2 Å². The summed E-state index contributed by atoms with van der Waals surface area (Å²) in [5.74, 6) is 1.68. The minimum Gasteiger partial charge on any atom is -0.486 e. The Morgan fingerprint density at radius 1 is 1.43 bits per heavy atom. The molecule has 0 atom stereocenters. The molecule has 0 unspecified atom stereocenters. The van der Waals surface area contributed by atoms with Crippen molar-refractivity contribution in [2.24, 2.45) is 5.92 Å². The minimum absolute atomic E-state index is 0.805. The highest BCUT2D eigenvalue weighted by atomic mass is 16.5. The molecule has 0 aliphatic heterocycles. The first kappa shape index (κ1) is 9.36. The van der Waals surface area contributed by atoms with Gasteiger partial charge in [-0.2, -0.15) is 0 Å². The van der Waals surface area contributed by atoms with Crippen molar-refractivity contribution < 1.29 is 4.74 Å². The van der Waals surface area contributed by atoms with Crippen molar-refractivity contribution >= 4 is 0 Å². The van der Waals surface area contributed by atoms with Gasteiger partial charge in [-0.1, -0.05) is 24.8 Å². The molecule has 2 aliphatic carbocycles. The van der Waals surface area contributed by atoms with E-state index in [1.165, 1.54) is 18.4 Å². The molecule has 0 aromatic heterocycles. The first-order chi connectivity index (χ1) is 6.88. The van der Waals surface area contributed by atoms with Crippen molar-refractivity contribution in [1.29, 1.82) is 0 Å². The molecule has 1 heteroatoms. The fourth-order valence-corrected chi connectivity index (χ4v) is 1.33. The zero-order valence-electron chi connectivity index (χ0n) is 8.62. The first-order valence-electron chi connectivity index (χ1n) is 5.35. The molecule has 0 saturated heterocycles. The van der Waals surface area contributed by atoms with Gasteiger partial charge in [0.2, 0.25) is 0 Å². The predicted octanol–water partition coefficient (Wildman–Crippen LogP) is 3.36. The van der Waals surface area contributed by atoms with E-state index in [9.17, 15) is 0 Å². The van der Waals surface area contributed by atoms with Crippen LogP contribution in [0, 0.1) is 5.92 Å². The lowest BCUT2D eigenvalue weighted by Crippen LogP contribution is -1.93. The quantitative estimate of drug-likeness (QED) is 0.615. The van der Waals surface area contributed by atoms with Gasteiger partial charge in [0.15, 0.2) is 5.76 Å². The topological polar surface area (TPSA) is 9.23 Å². The summed E-state index contributed by atoms with van der Waals surface area (Å²) in [5.41, 5.74) is 4.46. The van der Waals surface area contributed by atoms with Crippen molar-refractivity contribution in [1.82, 2.24) is 0 Å². The highest BCUT2D eigenvalue weighted by molar-refractivity contribution is 5.31. The largest absolute Gasteiger partial charge is 0.486 e. The standard InChI is InChI=1S/C13H16O/c1-2-11-4-3-5-13(9-8-11)14-10-12-6-7-12/h3-4,8-9,12H,2,6-7,10H2,1H3. The Balaban J connectivity index is 1.91. The minimum atomic E-state index is 0.805. The van der Waals surface area contributed by atoms with Crippen LogP contribution in [0.25, 0.3) is 0 Å². The molecule has 0 spiro atoms. The summed E-state index contributed by atoms with van der Waals surface area (Å²) in [5, 5.41) is 0. The first-order valence-corrected chi connectivity index (χ1v) is 5.35. The highest BCUT2D eigenvalue weighted by Gasteiger charge is 2.21. The van der Waals surface area contributed by atoms with E-state index in [1.807, 2.05) is 12.2 Å². The van der Waals surface area contributed by atoms with E-state index in [4.69, 9.17) is 4.74 Å². The molecule has 2 aliphatic rings. The summed E-state index contributed by atoms with van der Waals surface area (Å²) < 4.78 is 5.63. The average molecular weight is 188 g/mol. The second-order valence-corrected chi connectivity index (χ2v) is 3.86. The molecule has 0 N–H and O–H groups in total. The van der Waals surface area contributed by atoms with Crippen LogP contribution < -0.4 is 0 Å². The molecule has 2 rings (SSSR count). The van der Waals surface area contributed by atoms with Crippen molar-refractivity contribution in [3.8, 4) is 0 Å². The Kier molecular flexibility index (Phi) is 2.90. The van der Waals surface area contributed by atoms with Crippen LogP contribution in [0.5, 0.6) is 0 Å². The molecule has 0 aromatic rings. The third kappa shape index (κ3) is 2.65. The van der Waals surface area contributed by atoms with Gasteiger partial charge in [-0.25, -0.2) is 0 Å². The van der Waals surface area contributed by atoms with Crippen LogP contribution >= 0.6 is 0 Å². The van der Waals surface area contributed by atoms with Crippen LogP contribution in [-0.2, 0) is 4.74 Å². The summed E-state index contributed by atoms with van der Waals surface area (Å²) in [4.78, 5) is 0. The Labute approximate surface area is 85.5 Å². The van der Waals surface area contributed by atoms with Crippen molar-refractivity contribution in [3.05, 3.63) is 41.4 Å². The Morgan fingerprint density at radius 3 is 3.00 bits per heavy atom. The third-order valence-electron chi connectivity index (χ3n) is 2.55. The second kappa shape index (κ2) is 4.34. The van der Waals surface area contributed by atoms with Gasteiger partial charge in [0, 0.05) is 0 Å². The molecular formula is C13H16O. The Bertz CT molecular complexity index is 323. The van der Waals surface area contributed by atoms with Crippen LogP contribution in [0.4, 0.5) is 0 Å². The molecule has 0 heterocycles. The molecule has 0 radical (unpaired) electrons. The van der Waals surface area contributed by atoms with Gasteiger partial charge in [-0.3, -0.25) is 0 Å². The van der Waals surface area contributed by atoms with Crippen LogP contribution in [-0.4, -0.2) is 6.61 Å². The predicted molar refractivity (Wildman–Crippen MR) is 57.8 cm³/mol. The van der Waals surface area contributed by atoms with Crippen molar-refractivity contribution in [3.63, 3.8) is 0 Å². The zero-order chi connectivity index (χ0) is 9.80. The highest BCUT2D eigenvalue weighted by Crippen LogP contribution is 2.29. The van der Waals surface area contributed by atoms with Crippen molar-refractivity contribution in [2.75, 3.05) is 6.61 Å². The van der Waals surface area contributed by atoms with Crippen LogP contribution in [0.15, 0.2) is 41.4 Å². The SMILES string of the molecule is CCC1=CC=C=C(OCC2CC2)C=C1. The number of hydrogen-bond donors (Lipinski definition) is 0. The van der Waals surface area contributed by atoms with Crippen LogP contribution in [0.2, 0.25) is 0 Å². The van der Waals surface area contributed by atoms with E-state index in [0.29, 0.717) is 0 Å². The van der Waals surface area contributed by atoms with Gasteiger partial charge in [0.05, 0.1) is 6.61 Å². The Hall–Kier alpha value is -1.20. The fourth-order valence-electron chi connectivity index (χ4n) is 1.33. The zero-order valence-corrected chi connectivity index (χ0v) is 8.62. The molecule has 74 valence electrons. The summed E-state index contributed by atoms with van der Waals surface area (Å²) in [6.45, 7) is 3.02. The molecule has 0 aromatic carbocycles. The van der Waals surface area contributed by atoms with E-state index in [2.05, 4.69) is 24.8 Å². The van der Waals surface area contributed by atoms with E-state index in [0.717, 1.165) is 24.7 Å². The van der Waals surface area contributed by atoms with E-state index in [-0.39, 0.29) is 0 Å². The second-order valence-electron chi connectivity index (χ2n) is 3.86.